The number of rotatable bonds is 4. The molecule has 0 saturated carbocycles. The van der Waals surface area contributed by atoms with Gasteiger partial charge in [0.1, 0.15) is 0 Å². The average molecular weight is 383 g/mol. The highest BCUT2D eigenvalue weighted by Crippen LogP contribution is 2.28. The summed E-state index contributed by atoms with van der Waals surface area (Å²) in [6, 6.07) is 9.55. The van der Waals surface area contributed by atoms with Crippen molar-refractivity contribution < 1.29 is 4.79 Å². The van der Waals surface area contributed by atoms with E-state index in [1.165, 1.54) is 12.4 Å². The van der Waals surface area contributed by atoms with Crippen molar-refractivity contribution in [1.29, 1.82) is 0 Å². The van der Waals surface area contributed by atoms with Crippen molar-refractivity contribution in [2.75, 3.05) is 22.8 Å². The predicted molar refractivity (Wildman–Crippen MR) is 106 cm³/mol. The van der Waals surface area contributed by atoms with Gasteiger partial charge < -0.3 is 10.6 Å². The van der Waals surface area contributed by atoms with Crippen molar-refractivity contribution in [3.63, 3.8) is 0 Å². The molecule has 138 valence electrons. The van der Waals surface area contributed by atoms with Crippen molar-refractivity contribution in [2.24, 2.45) is 0 Å². The molecule has 0 radical (unpaired) electrons. The second-order valence-electron chi connectivity index (χ2n) is 6.36. The van der Waals surface area contributed by atoms with Crippen LogP contribution in [0.2, 0.25) is 0 Å². The van der Waals surface area contributed by atoms with Crippen LogP contribution >= 0.6 is 11.8 Å². The van der Waals surface area contributed by atoms with Gasteiger partial charge in [-0.1, -0.05) is 0 Å². The summed E-state index contributed by atoms with van der Waals surface area (Å²) < 4.78 is 0.920. The number of aromatic nitrogens is 3. The molecule has 1 saturated heterocycles. The van der Waals surface area contributed by atoms with E-state index in [9.17, 15) is 4.79 Å². The SMILES string of the molecule is O=C(c1ccc(NC2CCNCC2)c2cccnc12)N(Cl)c1ncccn1. The molecule has 3 heterocycles. The molecule has 1 aromatic carbocycles. The van der Waals surface area contributed by atoms with E-state index in [-0.39, 0.29) is 5.95 Å². The molecule has 1 fully saturated rings. The molecule has 1 aliphatic heterocycles. The summed E-state index contributed by atoms with van der Waals surface area (Å²) in [5.74, 6) is -0.287. The van der Waals surface area contributed by atoms with E-state index in [1.807, 2.05) is 18.2 Å². The van der Waals surface area contributed by atoms with Gasteiger partial charge in [0.15, 0.2) is 0 Å². The Hall–Kier alpha value is -2.77. The molecule has 1 amide bonds. The molecule has 0 atom stereocenters. The van der Waals surface area contributed by atoms with Crippen molar-refractivity contribution in [3.05, 3.63) is 54.5 Å². The van der Waals surface area contributed by atoms with Crippen LogP contribution in [0, 0.1) is 0 Å². The lowest BCUT2D eigenvalue weighted by atomic mass is 10.0. The van der Waals surface area contributed by atoms with E-state index in [2.05, 4.69) is 25.6 Å². The minimum absolute atomic E-state index is 0.130. The first-order valence-electron chi connectivity index (χ1n) is 8.86. The molecule has 2 N–H and O–H groups in total. The standard InChI is InChI=1S/C19H19ClN6O/c20-26(19-23-9-2-10-24-19)18(27)15-4-5-16(14-3-1-8-22-17(14)15)25-13-6-11-21-12-7-13/h1-5,8-10,13,21,25H,6-7,11-12H2. The van der Waals surface area contributed by atoms with Crippen LogP contribution in [0.25, 0.3) is 10.9 Å². The molecular weight excluding hydrogens is 364 g/mol. The highest BCUT2D eigenvalue weighted by molar-refractivity contribution is 6.39. The number of nitrogens with zero attached hydrogens (tertiary/aromatic N) is 4. The summed E-state index contributed by atoms with van der Waals surface area (Å²) >= 11 is 6.20. The van der Waals surface area contributed by atoms with Gasteiger partial charge >= 0.3 is 0 Å². The van der Waals surface area contributed by atoms with Gasteiger partial charge in [0.05, 0.1) is 11.1 Å². The zero-order valence-electron chi connectivity index (χ0n) is 14.6. The van der Waals surface area contributed by atoms with E-state index in [4.69, 9.17) is 11.8 Å². The second kappa shape index (κ2) is 7.85. The van der Waals surface area contributed by atoms with Crippen LogP contribution < -0.4 is 15.1 Å². The van der Waals surface area contributed by atoms with Gasteiger partial charge in [-0.25, -0.2) is 9.97 Å². The first kappa shape index (κ1) is 17.6. The minimum Gasteiger partial charge on any atom is -0.382 e. The number of amides is 1. The van der Waals surface area contributed by atoms with E-state index < -0.39 is 5.91 Å². The molecule has 7 nitrogen and oxygen atoms in total. The van der Waals surface area contributed by atoms with Crippen LogP contribution in [0.1, 0.15) is 23.2 Å². The summed E-state index contributed by atoms with van der Waals surface area (Å²) in [7, 11) is 0. The van der Waals surface area contributed by atoms with Gasteiger partial charge in [0.2, 0.25) is 5.95 Å². The number of hydrogen-bond acceptors (Lipinski definition) is 6. The smallest absolute Gasteiger partial charge is 0.277 e. The monoisotopic (exact) mass is 382 g/mol. The Balaban J connectivity index is 1.68. The lowest BCUT2D eigenvalue weighted by Crippen LogP contribution is -2.35. The maximum atomic E-state index is 12.9. The quantitative estimate of drug-likeness (QED) is 0.675. The van der Waals surface area contributed by atoms with Crippen LogP contribution in [0.15, 0.2) is 48.9 Å². The molecule has 2 aromatic heterocycles. The summed E-state index contributed by atoms with van der Waals surface area (Å²) in [5.41, 5.74) is 1.98. The molecule has 0 unspecified atom stereocenters. The third-order valence-electron chi connectivity index (χ3n) is 4.60. The highest BCUT2D eigenvalue weighted by Gasteiger charge is 2.22. The molecule has 3 aromatic rings. The Bertz CT molecular complexity index is 945. The van der Waals surface area contributed by atoms with Gasteiger partial charge in [-0.05, 0) is 56.3 Å². The van der Waals surface area contributed by atoms with Crippen molar-refractivity contribution >= 4 is 40.2 Å². The average Bonchev–Trinajstić information content (AvgIpc) is 2.74. The first-order chi connectivity index (χ1) is 13.2. The van der Waals surface area contributed by atoms with E-state index in [1.54, 1.807) is 18.3 Å². The molecule has 4 rings (SSSR count). The fourth-order valence-electron chi connectivity index (χ4n) is 3.25. The van der Waals surface area contributed by atoms with Crippen molar-refractivity contribution in [2.45, 2.75) is 18.9 Å². The highest BCUT2D eigenvalue weighted by atomic mass is 35.5. The van der Waals surface area contributed by atoms with Crippen molar-refractivity contribution in [1.82, 2.24) is 20.3 Å². The normalized spacial score (nSPS) is 14.9. The third-order valence-corrected chi connectivity index (χ3v) is 4.91. The lowest BCUT2D eigenvalue weighted by Gasteiger charge is -2.25. The van der Waals surface area contributed by atoms with Crippen LogP contribution in [0.4, 0.5) is 11.6 Å². The maximum Gasteiger partial charge on any atom is 0.277 e. The third kappa shape index (κ3) is 3.70. The maximum absolute atomic E-state index is 12.9. The number of carbonyl (C=O) groups excluding carboxylic acids is 1. The molecule has 27 heavy (non-hydrogen) atoms. The van der Waals surface area contributed by atoms with Crippen LogP contribution in [0.5, 0.6) is 0 Å². The Morgan fingerprint density at radius 3 is 2.59 bits per heavy atom. The minimum atomic E-state index is -0.417. The number of nitrogens with one attached hydrogen (secondary N) is 2. The zero-order chi connectivity index (χ0) is 18.6. The first-order valence-corrected chi connectivity index (χ1v) is 9.20. The molecular formula is C19H19ClN6O. The van der Waals surface area contributed by atoms with Crippen LogP contribution in [-0.4, -0.2) is 40.0 Å². The zero-order valence-corrected chi connectivity index (χ0v) is 15.4. The van der Waals surface area contributed by atoms with Gasteiger partial charge in [-0.3, -0.25) is 9.78 Å². The molecule has 0 bridgehead atoms. The fraction of sp³-hybridized carbons (Fsp3) is 0.263. The van der Waals surface area contributed by atoms with E-state index in [0.29, 0.717) is 17.1 Å². The van der Waals surface area contributed by atoms with Crippen LogP contribution in [-0.2, 0) is 0 Å². The van der Waals surface area contributed by atoms with Gasteiger partial charge in [-0.15, -0.1) is 0 Å². The van der Waals surface area contributed by atoms with Gasteiger partial charge in [0, 0.05) is 47.5 Å². The number of piperidine rings is 1. The molecule has 0 spiro atoms. The number of carbonyl (C=O) groups is 1. The predicted octanol–water partition coefficient (Wildman–Crippen LogP) is 2.99. The van der Waals surface area contributed by atoms with Gasteiger partial charge in [0.25, 0.3) is 5.91 Å². The summed E-state index contributed by atoms with van der Waals surface area (Å²) in [6.07, 6.45) is 6.86. The van der Waals surface area contributed by atoms with Gasteiger partial charge in [-0.2, -0.15) is 4.42 Å². The number of anilines is 2. The van der Waals surface area contributed by atoms with Crippen LogP contribution in [0.3, 0.4) is 0 Å². The Kier molecular flexibility index (Phi) is 5.13. The Morgan fingerprint density at radius 1 is 1.07 bits per heavy atom. The Labute approximate surface area is 161 Å². The molecule has 1 aliphatic rings. The van der Waals surface area contributed by atoms with E-state index in [0.717, 1.165) is 41.4 Å². The van der Waals surface area contributed by atoms with E-state index >= 15 is 0 Å². The van der Waals surface area contributed by atoms with Crippen molar-refractivity contribution in [3.8, 4) is 0 Å². The number of halogens is 1. The summed E-state index contributed by atoms with van der Waals surface area (Å²) in [4.78, 5) is 25.4. The molecule has 0 aliphatic carbocycles. The summed E-state index contributed by atoms with van der Waals surface area (Å²) in [6.45, 7) is 2.01. The topological polar surface area (TPSA) is 83.0 Å². The number of pyridine rings is 1. The lowest BCUT2D eigenvalue weighted by molar-refractivity contribution is 0.101. The number of fused-ring (bicyclic) bond motifs is 1. The number of benzene rings is 1. The fourth-order valence-corrected chi connectivity index (χ4v) is 3.42. The largest absolute Gasteiger partial charge is 0.382 e. The number of hydrogen-bond donors (Lipinski definition) is 2. The molecule has 8 heteroatoms. The second-order valence-corrected chi connectivity index (χ2v) is 6.70. The summed E-state index contributed by atoms with van der Waals surface area (Å²) in [5, 5.41) is 7.84. The Morgan fingerprint density at radius 2 is 1.81 bits per heavy atom.